The smallest absolute Gasteiger partial charge is 0.314 e. The fourth-order valence-electron chi connectivity index (χ4n) is 3.69. The number of rotatable bonds is 17. The predicted molar refractivity (Wildman–Crippen MR) is 136 cm³/mol. The van der Waals surface area contributed by atoms with Gasteiger partial charge in [0.25, 0.3) is 0 Å². The van der Waals surface area contributed by atoms with E-state index in [-0.39, 0.29) is 6.61 Å². The molecule has 0 aliphatic carbocycles. The molecule has 12 heteroatoms. The van der Waals surface area contributed by atoms with Gasteiger partial charge in [0.1, 0.15) is 0 Å². The molecule has 0 aliphatic rings. The lowest BCUT2D eigenvalue weighted by Gasteiger charge is -2.42. The molecule has 30 heavy (non-hydrogen) atoms. The van der Waals surface area contributed by atoms with E-state index in [0.717, 1.165) is 12.5 Å². The van der Waals surface area contributed by atoms with Crippen LogP contribution in [0.2, 0.25) is 78.1 Å². The SMILES string of the molecule is C[Si](C)(C)O[Si](C)(C)O[Si](C)(C)O[Si](C)(C)O[Si](C)(C)CCCOCCOCCO. The minimum Gasteiger partial charge on any atom is -0.437 e. The molecule has 0 amide bonds. The van der Waals surface area contributed by atoms with Crippen molar-refractivity contribution < 1.29 is 31.0 Å². The van der Waals surface area contributed by atoms with Gasteiger partial charge in [-0.15, -0.1) is 0 Å². The van der Waals surface area contributed by atoms with Crippen molar-refractivity contribution in [1.82, 2.24) is 0 Å². The minimum absolute atomic E-state index is 0.0502. The van der Waals surface area contributed by atoms with Gasteiger partial charge in [-0.2, -0.15) is 0 Å². The highest BCUT2D eigenvalue weighted by Gasteiger charge is 2.45. The van der Waals surface area contributed by atoms with Crippen molar-refractivity contribution in [2.75, 3.05) is 33.0 Å². The van der Waals surface area contributed by atoms with Gasteiger partial charge in [-0.05, 0) is 84.5 Å². The Balaban J connectivity index is 4.51. The van der Waals surface area contributed by atoms with E-state index in [1.54, 1.807) is 0 Å². The Labute approximate surface area is 190 Å². The third-order valence-electron chi connectivity index (χ3n) is 3.73. The highest BCUT2D eigenvalue weighted by molar-refractivity contribution is 6.90. The van der Waals surface area contributed by atoms with E-state index in [9.17, 15) is 0 Å². The van der Waals surface area contributed by atoms with Gasteiger partial charge in [-0.25, -0.2) is 0 Å². The van der Waals surface area contributed by atoms with Gasteiger partial charge in [0.15, 0.2) is 16.6 Å². The lowest BCUT2D eigenvalue weighted by Crippen LogP contribution is -2.58. The zero-order valence-electron chi connectivity index (χ0n) is 21.3. The normalized spacial score (nSPS) is 14.4. The summed E-state index contributed by atoms with van der Waals surface area (Å²) < 4.78 is 36.8. The summed E-state index contributed by atoms with van der Waals surface area (Å²) in [5.41, 5.74) is 0. The summed E-state index contributed by atoms with van der Waals surface area (Å²) in [5, 5.41) is 8.67. The zero-order valence-corrected chi connectivity index (χ0v) is 26.3. The van der Waals surface area contributed by atoms with Crippen LogP contribution in [0.25, 0.3) is 0 Å². The second-order valence-corrected chi connectivity index (χ2v) is 30.4. The number of aliphatic hydroxyl groups excluding tert-OH is 1. The van der Waals surface area contributed by atoms with Crippen molar-refractivity contribution in [2.45, 2.75) is 84.5 Å². The molecule has 0 aliphatic heterocycles. The van der Waals surface area contributed by atoms with Crippen LogP contribution in [0.1, 0.15) is 6.42 Å². The van der Waals surface area contributed by atoms with E-state index in [4.69, 9.17) is 31.0 Å². The van der Waals surface area contributed by atoms with E-state index in [0.29, 0.717) is 26.4 Å². The molecule has 0 unspecified atom stereocenters. The number of aliphatic hydroxyl groups is 1. The Morgan fingerprint density at radius 1 is 0.533 bits per heavy atom. The van der Waals surface area contributed by atoms with E-state index in [1.807, 2.05) is 0 Å². The molecule has 1 N–H and O–H groups in total. The summed E-state index contributed by atoms with van der Waals surface area (Å²) in [5.74, 6) is 0. The van der Waals surface area contributed by atoms with E-state index in [1.165, 1.54) is 0 Å². The van der Waals surface area contributed by atoms with Gasteiger partial charge in [-0.3, -0.25) is 0 Å². The third kappa shape index (κ3) is 17.4. The molecule has 0 rings (SSSR count). The van der Waals surface area contributed by atoms with Crippen LogP contribution in [0.15, 0.2) is 0 Å². The average molecular weight is 517 g/mol. The summed E-state index contributed by atoms with van der Waals surface area (Å²) in [6, 6.07) is 1.02. The minimum atomic E-state index is -2.37. The maximum atomic E-state index is 8.67. The van der Waals surface area contributed by atoms with Crippen LogP contribution in [0.4, 0.5) is 0 Å². The first kappa shape index (κ1) is 30.8. The van der Waals surface area contributed by atoms with Gasteiger partial charge in [0.2, 0.25) is 0 Å². The molecule has 0 fully saturated rings. The Kier molecular flexibility index (Phi) is 13.2. The van der Waals surface area contributed by atoms with Crippen LogP contribution in [-0.4, -0.2) is 80.5 Å². The van der Waals surface area contributed by atoms with Crippen molar-refractivity contribution in [3.63, 3.8) is 0 Å². The van der Waals surface area contributed by atoms with Crippen molar-refractivity contribution in [3.8, 4) is 0 Å². The first-order chi connectivity index (χ1) is 13.4. The largest absolute Gasteiger partial charge is 0.437 e. The Morgan fingerprint density at radius 3 is 1.43 bits per heavy atom. The Bertz CT molecular complexity index is 482. The summed E-state index contributed by atoms with van der Waals surface area (Å²) in [7, 11) is -10.5. The predicted octanol–water partition coefficient (Wildman–Crippen LogP) is 4.61. The highest BCUT2D eigenvalue weighted by atomic mass is 28.5. The summed E-state index contributed by atoms with van der Waals surface area (Å²) in [6.45, 7) is 26.0. The molecule has 0 saturated heterocycles. The molecule has 7 nitrogen and oxygen atoms in total. The van der Waals surface area contributed by atoms with Crippen molar-refractivity contribution in [1.29, 1.82) is 0 Å². The third-order valence-corrected chi connectivity index (χ3v) is 21.7. The maximum Gasteiger partial charge on any atom is 0.314 e. The first-order valence-corrected chi connectivity index (χ1v) is 25.9. The summed E-state index contributed by atoms with van der Waals surface area (Å²) >= 11 is 0. The van der Waals surface area contributed by atoms with Crippen LogP contribution in [0.5, 0.6) is 0 Å². The lowest BCUT2D eigenvalue weighted by atomic mass is 10.5. The number of hydrogen-bond donors (Lipinski definition) is 1. The molecule has 0 heterocycles. The molecule has 0 atom stereocenters. The molecular formula is C18H48O7Si5. The highest BCUT2D eigenvalue weighted by Crippen LogP contribution is 2.27. The van der Waals surface area contributed by atoms with E-state index in [2.05, 4.69) is 72.0 Å². The van der Waals surface area contributed by atoms with Crippen LogP contribution in [0.3, 0.4) is 0 Å². The Hall–Kier alpha value is 0.804. The molecule has 0 aromatic carbocycles. The monoisotopic (exact) mass is 516 g/mol. The molecule has 0 saturated carbocycles. The number of hydrogen-bond acceptors (Lipinski definition) is 7. The second kappa shape index (κ2) is 12.9. The topological polar surface area (TPSA) is 75.6 Å². The second-order valence-electron chi connectivity index (χ2n) is 10.5. The quantitative estimate of drug-likeness (QED) is 0.223. The standard InChI is InChI=1S/C18H48O7Si5/c1-26(2,3)22-28(6,7)24-30(10,11)25-29(8,9)23-27(4,5)18-12-14-20-16-17-21-15-13-19/h19H,12-18H2,1-11H3. The molecule has 0 bridgehead atoms. The molecular weight excluding hydrogens is 469 g/mol. The summed E-state index contributed by atoms with van der Waals surface area (Å²) in [6.07, 6.45) is 0.963. The zero-order chi connectivity index (χ0) is 23.7. The van der Waals surface area contributed by atoms with Crippen LogP contribution in [0, 0.1) is 0 Å². The van der Waals surface area contributed by atoms with Gasteiger partial charge in [-0.1, -0.05) is 0 Å². The molecule has 182 valence electrons. The van der Waals surface area contributed by atoms with Crippen LogP contribution < -0.4 is 0 Å². The van der Waals surface area contributed by atoms with Gasteiger partial charge >= 0.3 is 25.7 Å². The summed E-state index contributed by atoms with van der Waals surface area (Å²) in [4.78, 5) is 0. The first-order valence-electron chi connectivity index (χ1n) is 11.0. The molecule has 0 spiro atoms. The van der Waals surface area contributed by atoms with Gasteiger partial charge < -0.3 is 31.0 Å². The van der Waals surface area contributed by atoms with Crippen molar-refractivity contribution in [2.24, 2.45) is 0 Å². The van der Waals surface area contributed by atoms with Crippen molar-refractivity contribution in [3.05, 3.63) is 0 Å². The lowest BCUT2D eigenvalue weighted by molar-refractivity contribution is 0.0332. The van der Waals surface area contributed by atoms with Gasteiger partial charge in [0.05, 0.1) is 26.4 Å². The fourth-order valence-corrected chi connectivity index (χ4v) is 27.4. The molecule has 0 aromatic heterocycles. The van der Waals surface area contributed by atoms with Crippen molar-refractivity contribution >= 4 is 42.3 Å². The van der Waals surface area contributed by atoms with Crippen LogP contribution in [-0.2, 0) is 25.9 Å². The van der Waals surface area contributed by atoms with E-state index >= 15 is 0 Å². The fraction of sp³-hybridized carbons (Fsp3) is 1.00. The van der Waals surface area contributed by atoms with Gasteiger partial charge in [0, 0.05) is 6.61 Å². The van der Waals surface area contributed by atoms with Crippen LogP contribution >= 0.6 is 0 Å². The molecule has 0 aromatic rings. The number of ether oxygens (including phenoxy) is 2. The molecule has 0 radical (unpaired) electrons. The Morgan fingerprint density at radius 2 is 0.967 bits per heavy atom. The maximum absolute atomic E-state index is 8.67. The average Bonchev–Trinajstić information content (AvgIpc) is 2.43. The van der Waals surface area contributed by atoms with E-state index < -0.39 is 42.3 Å².